The first kappa shape index (κ1) is 20.6. The third-order valence-corrected chi connectivity index (χ3v) is 5.33. The first-order valence-corrected chi connectivity index (χ1v) is 10.1. The zero-order valence-corrected chi connectivity index (χ0v) is 16.9. The number of carbonyl (C=O) groups is 2. The summed E-state index contributed by atoms with van der Waals surface area (Å²) < 4.78 is 5.02. The molecule has 29 heavy (non-hydrogen) atoms. The number of benzene rings is 2. The van der Waals surface area contributed by atoms with Gasteiger partial charge in [-0.2, -0.15) is 0 Å². The number of nitrogens with zero attached hydrogens (tertiary/aromatic N) is 1. The molecule has 5 nitrogen and oxygen atoms in total. The largest absolute Gasteiger partial charge is 0.462 e. The quantitative estimate of drug-likeness (QED) is 0.719. The molecule has 2 aromatic rings. The van der Waals surface area contributed by atoms with Crippen molar-refractivity contribution >= 4 is 23.1 Å². The number of ether oxygens (including phenoxy) is 1. The number of para-hydroxylation sites is 1. The molecule has 1 saturated heterocycles. The minimum atomic E-state index is -0.669. The van der Waals surface area contributed by atoms with E-state index in [1.165, 1.54) is 6.42 Å². The van der Waals surface area contributed by atoms with Crippen molar-refractivity contribution in [2.24, 2.45) is 5.73 Å². The van der Waals surface area contributed by atoms with E-state index in [2.05, 4.69) is 17.5 Å². The molecule has 1 heterocycles. The van der Waals surface area contributed by atoms with Gasteiger partial charge in [-0.1, -0.05) is 36.9 Å². The van der Waals surface area contributed by atoms with Gasteiger partial charge >= 0.3 is 5.97 Å². The van der Waals surface area contributed by atoms with Crippen LogP contribution in [0.25, 0.3) is 5.57 Å². The fourth-order valence-electron chi connectivity index (χ4n) is 3.87. The molecule has 1 aliphatic heterocycles. The van der Waals surface area contributed by atoms with E-state index < -0.39 is 11.8 Å². The van der Waals surface area contributed by atoms with E-state index in [0.717, 1.165) is 37.2 Å². The summed E-state index contributed by atoms with van der Waals surface area (Å²) in [5, 5.41) is 0. The van der Waals surface area contributed by atoms with Crippen molar-refractivity contribution in [1.82, 2.24) is 0 Å². The number of rotatable bonds is 7. The van der Waals surface area contributed by atoms with Crippen LogP contribution in [0, 0.1) is 0 Å². The number of primary amides is 1. The molecule has 3 rings (SSSR count). The van der Waals surface area contributed by atoms with E-state index in [9.17, 15) is 9.59 Å². The Morgan fingerprint density at radius 2 is 1.72 bits per heavy atom. The van der Waals surface area contributed by atoms with Crippen molar-refractivity contribution < 1.29 is 14.3 Å². The number of hydrogen-bond donors (Lipinski definition) is 1. The van der Waals surface area contributed by atoms with E-state index in [0.29, 0.717) is 23.3 Å². The van der Waals surface area contributed by atoms with E-state index in [4.69, 9.17) is 10.5 Å². The van der Waals surface area contributed by atoms with Crippen molar-refractivity contribution in [3.8, 4) is 0 Å². The highest BCUT2D eigenvalue weighted by atomic mass is 16.5. The summed E-state index contributed by atoms with van der Waals surface area (Å²) >= 11 is 0. The molecule has 2 N–H and O–H groups in total. The lowest BCUT2D eigenvalue weighted by Gasteiger charge is -2.32. The van der Waals surface area contributed by atoms with Crippen LogP contribution in [0.3, 0.4) is 0 Å². The van der Waals surface area contributed by atoms with Crippen LogP contribution in [0.2, 0.25) is 0 Å². The van der Waals surface area contributed by atoms with E-state index in [1.54, 1.807) is 31.2 Å². The van der Waals surface area contributed by atoms with Gasteiger partial charge in [0, 0.05) is 24.3 Å². The lowest BCUT2D eigenvalue weighted by atomic mass is 9.85. The monoisotopic (exact) mass is 392 g/mol. The maximum atomic E-state index is 12.4. The Balaban J connectivity index is 1.91. The standard InChI is InChI=1S/C24H28N2O3/c1-3-29-24(28)19-13-11-18(12-14-19)22(23(25)27)17(2)20-9-5-6-10-21(20)26-15-7-4-8-16-26/h5-6,9-14,22H,2-4,7-8,15-16H2,1H3,(H2,25,27). The second kappa shape index (κ2) is 9.41. The summed E-state index contributed by atoms with van der Waals surface area (Å²) in [6, 6.07) is 14.8. The van der Waals surface area contributed by atoms with Gasteiger partial charge in [0.05, 0.1) is 18.1 Å². The summed E-state index contributed by atoms with van der Waals surface area (Å²) in [7, 11) is 0. The lowest BCUT2D eigenvalue weighted by Crippen LogP contribution is -2.30. The van der Waals surface area contributed by atoms with Gasteiger partial charge < -0.3 is 15.4 Å². The molecule has 1 aliphatic rings. The summed E-state index contributed by atoms with van der Waals surface area (Å²) in [5.41, 5.74) is 9.63. The van der Waals surface area contributed by atoms with Crippen LogP contribution in [0.15, 0.2) is 55.1 Å². The highest BCUT2D eigenvalue weighted by Crippen LogP contribution is 2.36. The van der Waals surface area contributed by atoms with Crippen LogP contribution in [0.1, 0.15) is 53.6 Å². The number of hydrogen-bond acceptors (Lipinski definition) is 4. The molecule has 0 radical (unpaired) electrons. The molecular formula is C24H28N2O3. The van der Waals surface area contributed by atoms with Crippen molar-refractivity contribution in [2.75, 3.05) is 24.6 Å². The smallest absolute Gasteiger partial charge is 0.338 e. The molecular weight excluding hydrogens is 364 g/mol. The summed E-state index contributed by atoms with van der Waals surface area (Å²) in [4.78, 5) is 26.6. The molecule has 1 amide bonds. The molecule has 1 fully saturated rings. The maximum absolute atomic E-state index is 12.4. The SMILES string of the molecule is C=C(c1ccccc1N1CCCCC1)C(C(N)=O)c1ccc(C(=O)OCC)cc1. The molecule has 0 spiro atoms. The highest BCUT2D eigenvalue weighted by molar-refractivity contribution is 5.98. The van der Waals surface area contributed by atoms with Gasteiger partial charge in [0.25, 0.3) is 0 Å². The van der Waals surface area contributed by atoms with Gasteiger partial charge in [-0.05, 0) is 55.5 Å². The summed E-state index contributed by atoms with van der Waals surface area (Å²) in [6.45, 7) is 8.32. The third-order valence-electron chi connectivity index (χ3n) is 5.33. The van der Waals surface area contributed by atoms with Gasteiger partial charge in [-0.15, -0.1) is 0 Å². The number of piperidine rings is 1. The van der Waals surface area contributed by atoms with Crippen LogP contribution in [-0.4, -0.2) is 31.6 Å². The first-order chi connectivity index (χ1) is 14.0. The van der Waals surface area contributed by atoms with Crippen LogP contribution in [0.4, 0.5) is 5.69 Å². The summed E-state index contributed by atoms with van der Waals surface area (Å²) in [6.07, 6.45) is 3.57. The summed E-state index contributed by atoms with van der Waals surface area (Å²) in [5.74, 6) is -1.52. The van der Waals surface area contributed by atoms with Gasteiger partial charge in [0.1, 0.15) is 0 Å². The molecule has 0 bridgehead atoms. The zero-order valence-electron chi connectivity index (χ0n) is 16.9. The van der Waals surface area contributed by atoms with Crippen molar-refractivity contribution in [3.63, 3.8) is 0 Å². The number of amides is 1. The predicted octanol–water partition coefficient (Wildman–Crippen LogP) is 4.14. The Hall–Kier alpha value is -3.08. The minimum absolute atomic E-state index is 0.314. The fourth-order valence-corrected chi connectivity index (χ4v) is 3.87. The first-order valence-electron chi connectivity index (χ1n) is 10.1. The van der Waals surface area contributed by atoms with Crippen molar-refractivity contribution in [2.45, 2.75) is 32.1 Å². The second-order valence-electron chi connectivity index (χ2n) is 7.27. The molecule has 0 aliphatic carbocycles. The number of anilines is 1. The van der Waals surface area contributed by atoms with E-state index in [1.807, 2.05) is 18.2 Å². The van der Waals surface area contributed by atoms with Crippen LogP contribution >= 0.6 is 0 Å². The molecule has 1 atom stereocenters. The molecule has 0 aromatic heterocycles. The predicted molar refractivity (Wildman–Crippen MR) is 116 cm³/mol. The number of carbonyl (C=O) groups excluding carboxylic acids is 2. The van der Waals surface area contributed by atoms with Gasteiger partial charge in [0.2, 0.25) is 5.91 Å². The van der Waals surface area contributed by atoms with Crippen LogP contribution < -0.4 is 10.6 Å². The van der Waals surface area contributed by atoms with Gasteiger partial charge in [0.15, 0.2) is 0 Å². The zero-order chi connectivity index (χ0) is 20.8. The van der Waals surface area contributed by atoms with Crippen LogP contribution in [0.5, 0.6) is 0 Å². The molecule has 0 saturated carbocycles. The number of esters is 1. The molecule has 2 aromatic carbocycles. The van der Waals surface area contributed by atoms with Crippen molar-refractivity contribution in [1.29, 1.82) is 0 Å². The van der Waals surface area contributed by atoms with E-state index >= 15 is 0 Å². The third kappa shape index (κ3) is 4.67. The normalized spacial score (nSPS) is 14.9. The Bertz CT molecular complexity index is 883. The molecule has 1 unspecified atom stereocenters. The average molecular weight is 392 g/mol. The van der Waals surface area contributed by atoms with Gasteiger partial charge in [-0.3, -0.25) is 4.79 Å². The minimum Gasteiger partial charge on any atom is -0.462 e. The van der Waals surface area contributed by atoms with E-state index in [-0.39, 0.29) is 5.97 Å². The van der Waals surface area contributed by atoms with Gasteiger partial charge in [-0.25, -0.2) is 4.79 Å². The fraction of sp³-hybridized carbons (Fsp3) is 0.333. The van der Waals surface area contributed by atoms with Crippen LogP contribution in [-0.2, 0) is 9.53 Å². The topological polar surface area (TPSA) is 72.6 Å². The average Bonchev–Trinajstić information content (AvgIpc) is 2.75. The Labute approximate surface area is 172 Å². The molecule has 5 heteroatoms. The second-order valence-corrected chi connectivity index (χ2v) is 7.27. The number of nitrogens with two attached hydrogens (primary N) is 1. The maximum Gasteiger partial charge on any atom is 0.338 e. The van der Waals surface area contributed by atoms with Crippen molar-refractivity contribution in [3.05, 3.63) is 71.8 Å². The Morgan fingerprint density at radius 3 is 2.34 bits per heavy atom. The highest BCUT2D eigenvalue weighted by Gasteiger charge is 2.26. The molecule has 152 valence electrons. The Kier molecular flexibility index (Phi) is 6.70. The Morgan fingerprint density at radius 1 is 1.07 bits per heavy atom. The lowest BCUT2D eigenvalue weighted by molar-refractivity contribution is -0.118.